The highest BCUT2D eigenvalue weighted by Crippen LogP contribution is 2.23. The number of carbonyl (C=O) groups excluding carboxylic acids is 1. The Morgan fingerprint density at radius 1 is 1.00 bits per heavy atom. The fourth-order valence-corrected chi connectivity index (χ4v) is 3.42. The molecule has 0 radical (unpaired) electrons. The summed E-state index contributed by atoms with van der Waals surface area (Å²) in [7, 11) is 0. The van der Waals surface area contributed by atoms with Gasteiger partial charge in [0, 0.05) is 37.9 Å². The van der Waals surface area contributed by atoms with Crippen LogP contribution in [0, 0.1) is 12.8 Å². The van der Waals surface area contributed by atoms with Gasteiger partial charge in [-0.15, -0.1) is 0 Å². The maximum absolute atomic E-state index is 12.8. The van der Waals surface area contributed by atoms with Crippen LogP contribution in [0.5, 0.6) is 0 Å². The zero-order chi connectivity index (χ0) is 17.8. The second-order valence-electron chi connectivity index (χ2n) is 6.88. The van der Waals surface area contributed by atoms with Gasteiger partial charge >= 0.3 is 0 Å². The summed E-state index contributed by atoms with van der Waals surface area (Å²) < 4.78 is 0. The topological polar surface area (TPSA) is 49.6 Å². The van der Waals surface area contributed by atoms with Crippen molar-refractivity contribution in [2.45, 2.75) is 19.9 Å². The molecule has 2 aromatic carbocycles. The van der Waals surface area contributed by atoms with Crippen molar-refractivity contribution in [3.63, 3.8) is 0 Å². The van der Waals surface area contributed by atoms with Crippen LogP contribution in [0.1, 0.15) is 24.1 Å². The number of rotatable bonds is 4. The molecule has 3 rings (SSSR count). The third-order valence-corrected chi connectivity index (χ3v) is 5.07. The number of benzene rings is 2. The lowest BCUT2D eigenvalue weighted by Crippen LogP contribution is -2.51. The van der Waals surface area contributed by atoms with Crippen molar-refractivity contribution in [3.05, 3.63) is 65.7 Å². The lowest BCUT2D eigenvalue weighted by Gasteiger charge is -2.38. The second-order valence-corrected chi connectivity index (χ2v) is 6.88. The highest BCUT2D eigenvalue weighted by Gasteiger charge is 2.29. The Bertz CT molecular complexity index is 708. The van der Waals surface area contributed by atoms with Crippen LogP contribution in [-0.4, -0.2) is 37.0 Å². The van der Waals surface area contributed by atoms with Gasteiger partial charge in [0.2, 0.25) is 5.91 Å². The number of hydrogen-bond donors (Lipinski definition) is 1. The van der Waals surface area contributed by atoms with E-state index in [0.717, 1.165) is 31.7 Å². The van der Waals surface area contributed by atoms with E-state index in [4.69, 9.17) is 5.73 Å². The molecule has 0 aromatic heterocycles. The summed E-state index contributed by atoms with van der Waals surface area (Å²) in [4.78, 5) is 17.1. The SMILES string of the molecule is Cc1cccc(N2CCN(C(=O)C(C)C(N)c3ccccc3)CC2)c1. The summed E-state index contributed by atoms with van der Waals surface area (Å²) in [6, 6.07) is 18.1. The van der Waals surface area contributed by atoms with Crippen LogP contribution in [0.4, 0.5) is 5.69 Å². The zero-order valence-corrected chi connectivity index (χ0v) is 15.1. The van der Waals surface area contributed by atoms with Crippen LogP contribution in [0.15, 0.2) is 54.6 Å². The van der Waals surface area contributed by atoms with Gasteiger partial charge < -0.3 is 15.5 Å². The Morgan fingerprint density at radius 3 is 2.32 bits per heavy atom. The predicted octanol–water partition coefficient (Wildman–Crippen LogP) is 2.98. The molecule has 1 saturated heterocycles. The number of piperazine rings is 1. The van der Waals surface area contributed by atoms with E-state index in [1.54, 1.807) is 0 Å². The summed E-state index contributed by atoms with van der Waals surface area (Å²) in [5.74, 6) is -0.0619. The molecule has 4 nitrogen and oxygen atoms in total. The minimum absolute atomic E-state index is 0.153. The first-order chi connectivity index (χ1) is 12.1. The van der Waals surface area contributed by atoms with Crippen molar-refractivity contribution in [2.75, 3.05) is 31.1 Å². The van der Waals surface area contributed by atoms with Gasteiger partial charge in [-0.25, -0.2) is 0 Å². The zero-order valence-electron chi connectivity index (χ0n) is 15.1. The number of hydrogen-bond acceptors (Lipinski definition) is 3. The van der Waals surface area contributed by atoms with E-state index in [1.807, 2.05) is 42.2 Å². The molecule has 1 heterocycles. The van der Waals surface area contributed by atoms with E-state index < -0.39 is 0 Å². The van der Waals surface area contributed by atoms with Crippen LogP contribution >= 0.6 is 0 Å². The van der Waals surface area contributed by atoms with Crippen LogP contribution in [0.2, 0.25) is 0 Å². The van der Waals surface area contributed by atoms with E-state index in [0.29, 0.717) is 0 Å². The molecule has 132 valence electrons. The van der Waals surface area contributed by atoms with Crippen molar-refractivity contribution in [3.8, 4) is 0 Å². The molecule has 2 aromatic rings. The monoisotopic (exact) mass is 337 g/mol. The summed E-state index contributed by atoms with van der Waals surface area (Å²) in [6.45, 7) is 7.27. The van der Waals surface area contributed by atoms with Gasteiger partial charge in [-0.05, 0) is 30.2 Å². The molecule has 0 spiro atoms. The van der Waals surface area contributed by atoms with Crippen LogP contribution < -0.4 is 10.6 Å². The Balaban J connectivity index is 1.59. The van der Waals surface area contributed by atoms with Crippen LogP contribution in [-0.2, 0) is 4.79 Å². The molecule has 2 atom stereocenters. The van der Waals surface area contributed by atoms with E-state index in [2.05, 4.69) is 36.1 Å². The van der Waals surface area contributed by atoms with Crippen molar-refractivity contribution in [1.29, 1.82) is 0 Å². The minimum atomic E-state index is -0.261. The Labute approximate surface area is 150 Å². The lowest BCUT2D eigenvalue weighted by molar-refractivity contribution is -0.136. The van der Waals surface area contributed by atoms with Crippen LogP contribution in [0.25, 0.3) is 0 Å². The summed E-state index contributed by atoms with van der Waals surface area (Å²) in [6.07, 6.45) is 0. The molecule has 0 bridgehead atoms. The minimum Gasteiger partial charge on any atom is -0.368 e. The predicted molar refractivity (Wildman–Crippen MR) is 103 cm³/mol. The average molecular weight is 337 g/mol. The van der Waals surface area contributed by atoms with Gasteiger partial charge in [0.25, 0.3) is 0 Å². The quantitative estimate of drug-likeness (QED) is 0.933. The van der Waals surface area contributed by atoms with E-state index in [1.165, 1.54) is 11.3 Å². The molecule has 1 amide bonds. The molecular formula is C21H27N3O. The standard InChI is InChI=1S/C21H27N3O/c1-16-7-6-10-19(15-16)23-11-13-24(14-12-23)21(25)17(2)20(22)18-8-4-3-5-9-18/h3-10,15,17,20H,11-14,22H2,1-2H3. The van der Waals surface area contributed by atoms with Gasteiger partial charge in [0.05, 0.1) is 5.92 Å². The molecule has 1 aliphatic heterocycles. The lowest BCUT2D eigenvalue weighted by atomic mass is 9.94. The van der Waals surface area contributed by atoms with Crippen molar-refractivity contribution in [2.24, 2.45) is 11.7 Å². The highest BCUT2D eigenvalue weighted by molar-refractivity contribution is 5.79. The first-order valence-corrected chi connectivity index (χ1v) is 8.97. The third kappa shape index (κ3) is 4.02. The number of carbonyl (C=O) groups is 1. The largest absolute Gasteiger partial charge is 0.368 e. The first kappa shape index (κ1) is 17.5. The van der Waals surface area contributed by atoms with Crippen molar-refractivity contribution >= 4 is 11.6 Å². The smallest absolute Gasteiger partial charge is 0.227 e. The van der Waals surface area contributed by atoms with Gasteiger partial charge in [-0.2, -0.15) is 0 Å². The fraction of sp³-hybridized carbons (Fsp3) is 0.381. The Kier molecular flexibility index (Phi) is 5.39. The van der Waals surface area contributed by atoms with Gasteiger partial charge in [-0.3, -0.25) is 4.79 Å². The molecule has 1 aliphatic rings. The molecule has 25 heavy (non-hydrogen) atoms. The Morgan fingerprint density at radius 2 is 1.68 bits per heavy atom. The Hall–Kier alpha value is -2.33. The summed E-state index contributed by atoms with van der Waals surface area (Å²) in [5.41, 5.74) is 9.84. The number of nitrogens with two attached hydrogens (primary N) is 1. The van der Waals surface area contributed by atoms with Crippen molar-refractivity contribution < 1.29 is 4.79 Å². The third-order valence-electron chi connectivity index (χ3n) is 5.07. The van der Waals surface area contributed by atoms with E-state index in [-0.39, 0.29) is 17.9 Å². The fourth-order valence-electron chi connectivity index (χ4n) is 3.42. The van der Waals surface area contributed by atoms with Gasteiger partial charge in [0.1, 0.15) is 0 Å². The normalized spacial score (nSPS) is 17.2. The maximum atomic E-state index is 12.8. The van der Waals surface area contributed by atoms with E-state index in [9.17, 15) is 4.79 Å². The molecule has 0 saturated carbocycles. The number of aryl methyl sites for hydroxylation is 1. The van der Waals surface area contributed by atoms with E-state index >= 15 is 0 Å². The van der Waals surface area contributed by atoms with Gasteiger partial charge in [-0.1, -0.05) is 49.4 Å². The molecule has 0 aliphatic carbocycles. The molecule has 2 unspecified atom stereocenters. The van der Waals surface area contributed by atoms with Crippen LogP contribution in [0.3, 0.4) is 0 Å². The number of nitrogens with zero attached hydrogens (tertiary/aromatic N) is 2. The highest BCUT2D eigenvalue weighted by atomic mass is 16.2. The average Bonchev–Trinajstić information content (AvgIpc) is 2.67. The number of anilines is 1. The molecule has 2 N–H and O–H groups in total. The number of amides is 1. The van der Waals surface area contributed by atoms with Gasteiger partial charge in [0.15, 0.2) is 0 Å². The van der Waals surface area contributed by atoms with Crippen molar-refractivity contribution in [1.82, 2.24) is 4.90 Å². The summed E-state index contributed by atoms with van der Waals surface area (Å²) >= 11 is 0. The first-order valence-electron chi connectivity index (χ1n) is 8.97. The molecular weight excluding hydrogens is 310 g/mol. The maximum Gasteiger partial charge on any atom is 0.227 e. The molecule has 4 heteroatoms. The second kappa shape index (κ2) is 7.70. The summed E-state index contributed by atoms with van der Waals surface area (Å²) in [5, 5.41) is 0. The molecule has 1 fully saturated rings.